The Morgan fingerprint density at radius 2 is 1.94 bits per heavy atom. The van der Waals surface area contributed by atoms with Crippen LogP contribution in [0.3, 0.4) is 0 Å². The zero-order valence-electron chi connectivity index (χ0n) is 17.5. The van der Waals surface area contributed by atoms with Crippen molar-refractivity contribution in [3.05, 3.63) is 52.7 Å². The Kier molecular flexibility index (Phi) is 5.58. The van der Waals surface area contributed by atoms with E-state index in [2.05, 4.69) is 48.7 Å². The van der Waals surface area contributed by atoms with E-state index in [9.17, 15) is 9.59 Å². The molecule has 9 heteroatoms. The molecule has 2 amide bonds. The first-order chi connectivity index (χ1) is 15.5. The predicted molar refractivity (Wildman–Crippen MR) is 125 cm³/mol. The van der Waals surface area contributed by atoms with E-state index in [1.54, 1.807) is 6.20 Å². The molecule has 4 atom stereocenters. The van der Waals surface area contributed by atoms with Crippen molar-refractivity contribution >= 4 is 45.2 Å². The van der Waals surface area contributed by atoms with Crippen molar-refractivity contribution in [2.24, 2.45) is 23.5 Å². The number of rotatable bonds is 6. The summed E-state index contributed by atoms with van der Waals surface area (Å²) in [4.78, 5) is 35.6. The van der Waals surface area contributed by atoms with Crippen LogP contribution in [-0.4, -0.2) is 45.8 Å². The minimum absolute atomic E-state index is 0.0482. The van der Waals surface area contributed by atoms with Gasteiger partial charge in [0.1, 0.15) is 5.82 Å². The Balaban J connectivity index is 1.33. The number of benzene rings is 1. The van der Waals surface area contributed by atoms with E-state index in [0.717, 1.165) is 38.0 Å². The van der Waals surface area contributed by atoms with Crippen molar-refractivity contribution in [3.8, 4) is 0 Å². The number of likely N-dealkylation sites (tertiary alicyclic amines) is 1. The number of carbonyl (C=O) groups excluding carboxylic acids is 2. The molecule has 5 rings (SSSR count). The fraction of sp³-hybridized carbons (Fsp3) is 0.391. The Morgan fingerprint density at radius 1 is 1.16 bits per heavy atom. The molecule has 4 N–H and O–H groups in total. The zero-order chi connectivity index (χ0) is 22.2. The lowest BCUT2D eigenvalue weighted by Gasteiger charge is -2.27. The zero-order valence-corrected chi connectivity index (χ0v) is 19.1. The first kappa shape index (κ1) is 20.9. The van der Waals surface area contributed by atoms with E-state index in [4.69, 9.17) is 5.73 Å². The minimum Gasteiger partial charge on any atom is -0.369 e. The van der Waals surface area contributed by atoms with E-state index in [1.165, 1.54) is 0 Å². The normalized spacial score (nSPS) is 25.8. The molecule has 1 aromatic heterocycles. The quantitative estimate of drug-likeness (QED) is 0.528. The summed E-state index contributed by atoms with van der Waals surface area (Å²) >= 11 is 3.50. The standard InChI is InChI=1S/C23H25BrN6O2/c24-17-12-26-23(27-16-5-3-4-15(11-16)22(32)30-8-1-2-9-30)29-21(17)28-19-14-7-6-13(10-14)18(19)20(25)31/h3-7,11-14,18-19H,1-2,8-10H2,(H2,25,31)(H2,26,27,28,29)/t13-,14+,18?,19-/m1/s1. The van der Waals surface area contributed by atoms with Crippen LogP contribution in [0.1, 0.15) is 29.6 Å². The maximum absolute atomic E-state index is 12.7. The van der Waals surface area contributed by atoms with Crippen LogP contribution in [0.4, 0.5) is 17.5 Å². The molecule has 2 heterocycles. The Bertz CT molecular complexity index is 1080. The van der Waals surface area contributed by atoms with Crippen LogP contribution in [0.15, 0.2) is 47.1 Å². The molecule has 2 fully saturated rings. The number of amides is 2. The van der Waals surface area contributed by atoms with Gasteiger partial charge in [-0.2, -0.15) is 4.98 Å². The maximum atomic E-state index is 12.7. The van der Waals surface area contributed by atoms with Gasteiger partial charge in [-0.15, -0.1) is 0 Å². The first-order valence-electron chi connectivity index (χ1n) is 10.9. The van der Waals surface area contributed by atoms with Crippen molar-refractivity contribution in [1.29, 1.82) is 0 Å². The number of hydrogen-bond acceptors (Lipinski definition) is 6. The van der Waals surface area contributed by atoms with Gasteiger partial charge in [-0.1, -0.05) is 18.2 Å². The van der Waals surface area contributed by atoms with Crippen molar-refractivity contribution in [2.45, 2.75) is 25.3 Å². The summed E-state index contributed by atoms with van der Waals surface area (Å²) < 4.78 is 0.705. The van der Waals surface area contributed by atoms with Gasteiger partial charge >= 0.3 is 0 Å². The number of halogens is 1. The molecule has 1 unspecified atom stereocenters. The molecule has 1 aliphatic heterocycles. The predicted octanol–water partition coefficient (Wildman–Crippen LogP) is 3.31. The Hall–Kier alpha value is -2.94. The fourth-order valence-corrected chi connectivity index (χ4v) is 5.36. The number of primary amides is 1. The molecule has 0 radical (unpaired) electrons. The van der Waals surface area contributed by atoms with Crippen LogP contribution in [-0.2, 0) is 4.79 Å². The van der Waals surface area contributed by atoms with Gasteiger partial charge in [0.15, 0.2) is 0 Å². The minimum atomic E-state index is -0.289. The lowest BCUT2D eigenvalue weighted by molar-refractivity contribution is -0.122. The van der Waals surface area contributed by atoms with Gasteiger partial charge in [-0.3, -0.25) is 9.59 Å². The average Bonchev–Trinajstić information content (AvgIpc) is 3.53. The number of hydrogen-bond donors (Lipinski definition) is 3. The largest absolute Gasteiger partial charge is 0.369 e. The third-order valence-electron chi connectivity index (χ3n) is 6.59. The smallest absolute Gasteiger partial charge is 0.253 e. The van der Waals surface area contributed by atoms with Crippen LogP contribution in [0.25, 0.3) is 0 Å². The number of aromatic nitrogens is 2. The lowest BCUT2D eigenvalue weighted by atomic mass is 9.88. The van der Waals surface area contributed by atoms with Gasteiger partial charge in [0.25, 0.3) is 5.91 Å². The number of carbonyl (C=O) groups is 2. The van der Waals surface area contributed by atoms with Gasteiger partial charge in [0.2, 0.25) is 11.9 Å². The summed E-state index contributed by atoms with van der Waals surface area (Å²) in [6.07, 6.45) is 8.95. The SMILES string of the molecule is NC(=O)C1[C@@H]2C=C[C@@H](C2)[C@H]1Nc1nc(Nc2cccc(C(=O)N3CCCC3)c2)ncc1Br. The van der Waals surface area contributed by atoms with Crippen molar-refractivity contribution < 1.29 is 9.59 Å². The third-order valence-corrected chi connectivity index (χ3v) is 7.17. The van der Waals surface area contributed by atoms with Gasteiger partial charge in [0.05, 0.1) is 10.4 Å². The number of fused-ring (bicyclic) bond motifs is 2. The summed E-state index contributed by atoms with van der Waals surface area (Å²) in [6, 6.07) is 7.28. The highest BCUT2D eigenvalue weighted by molar-refractivity contribution is 9.10. The molecule has 166 valence electrons. The second-order valence-electron chi connectivity index (χ2n) is 8.64. The fourth-order valence-electron chi connectivity index (χ4n) is 5.06. The maximum Gasteiger partial charge on any atom is 0.253 e. The number of nitrogens with zero attached hydrogens (tertiary/aromatic N) is 3. The third kappa shape index (κ3) is 3.97. The highest BCUT2D eigenvalue weighted by Crippen LogP contribution is 2.45. The molecular weight excluding hydrogens is 472 g/mol. The van der Waals surface area contributed by atoms with Crippen molar-refractivity contribution in [3.63, 3.8) is 0 Å². The van der Waals surface area contributed by atoms with E-state index in [0.29, 0.717) is 21.8 Å². The average molecular weight is 497 g/mol. The van der Waals surface area contributed by atoms with Gasteiger partial charge < -0.3 is 21.3 Å². The van der Waals surface area contributed by atoms with Crippen LogP contribution >= 0.6 is 15.9 Å². The highest BCUT2D eigenvalue weighted by atomic mass is 79.9. The summed E-state index contributed by atoms with van der Waals surface area (Å²) in [7, 11) is 0. The van der Waals surface area contributed by atoms with Gasteiger partial charge in [0, 0.05) is 36.6 Å². The van der Waals surface area contributed by atoms with Gasteiger partial charge in [-0.25, -0.2) is 4.98 Å². The lowest BCUT2D eigenvalue weighted by Crippen LogP contribution is -2.41. The molecule has 1 aromatic carbocycles. The highest BCUT2D eigenvalue weighted by Gasteiger charge is 2.47. The van der Waals surface area contributed by atoms with Crippen LogP contribution in [0, 0.1) is 17.8 Å². The van der Waals surface area contributed by atoms with E-state index >= 15 is 0 Å². The molecular formula is C23H25BrN6O2. The van der Waals surface area contributed by atoms with E-state index in [-0.39, 0.29) is 35.6 Å². The number of nitrogens with two attached hydrogens (primary N) is 1. The van der Waals surface area contributed by atoms with Gasteiger partial charge in [-0.05, 0) is 65.2 Å². The summed E-state index contributed by atoms with van der Waals surface area (Å²) in [5.41, 5.74) is 7.06. The Morgan fingerprint density at radius 3 is 2.72 bits per heavy atom. The molecule has 8 nitrogen and oxygen atoms in total. The van der Waals surface area contributed by atoms with E-state index in [1.807, 2.05) is 29.2 Å². The summed E-state index contributed by atoms with van der Waals surface area (Å²) in [6.45, 7) is 1.62. The molecule has 3 aliphatic rings. The molecule has 0 spiro atoms. The number of allylic oxidation sites excluding steroid dienone is 1. The molecule has 1 saturated heterocycles. The topological polar surface area (TPSA) is 113 Å². The van der Waals surface area contributed by atoms with E-state index < -0.39 is 0 Å². The Labute approximate surface area is 194 Å². The molecule has 2 bridgehead atoms. The van der Waals surface area contributed by atoms with Crippen molar-refractivity contribution in [1.82, 2.24) is 14.9 Å². The summed E-state index contributed by atoms with van der Waals surface area (Å²) in [5.74, 6) is 0.943. The molecule has 1 saturated carbocycles. The van der Waals surface area contributed by atoms with Crippen molar-refractivity contribution in [2.75, 3.05) is 23.7 Å². The number of anilines is 3. The number of nitrogens with one attached hydrogen (secondary N) is 2. The molecule has 2 aromatic rings. The first-order valence-corrected chi connectivity index (χ1v) is 11.7. The second-order valence-corrected chi connectivity index (χ2v) is 9.50. The monoisotopic (exact) mass is 496 g/mol. The second kappa shape index (κ2) is 8.54. The summed E-state index contributed by atoms with van der Waals surface area (Å²) in [5, 5.41) is 6.60. The molecule has 32 heavy (non-hydrogen) atoms. The van der Waals surface area contributed by atoms with Crippen LogP contribution in [0.2, 0.25) is 0 Å². The van der Waals surface area contributed by atoms with Crippen LogP contribution < -0.4 is 16.4 Å². The molecule has 2 aliphatic carbocycles. The van der Waals surface area contributed by atoms with Crippen LogP contribution in [0.5, 0.6) is 0 Å².